The van der Waals surface area contributed by atoms with Crippen LogP contribution in [0.25, 0.3) is 11.1 Å². The van der Waals surface area contributed by atoms with E-state index in [4.69, 9.17) is 44.6 Å². The predicted octanol–water partition coefficient (Wildman–Crippen LogP) is -4.22. The summed E-state index contributed by atoms with van der Waals surface area (Å²) in [5, 5.41) is 42.7. The van der Waals surface area contributed by atoms with Crippen LogP contribution in [0, 0.1) is 0 Å². The quantitative estimate of drug-likeness (QED) is 0.0306. The Morgan fingerprint density at radius 1 is 0.764 bits per heavy atom. The molecular formula is C33H48BClN10O10. The topological polar surface area (TPSA) is 356 Å². The highest BCUT2D eigenvalue weighted by atomic mass is 35.5. The fourth-order valence-corrected chi connectivity index (χ4v) is 4.98. The molecule has 300 valence electrons. The van der Waals surface area contributed by atoms with E-state index < -0.39 is 91.3 Å². The summed E-state index contributed by atoms with van der Waals surface area (Å²) < 4.78 is 0. The van der Waals surface area contributed by atoms with Crippen LogP contribution in [0.5, 0.6) is 0 Å². The minimum atomic E-state index is -2.18. The van der Waals surface area contributed by atoms with Gasteiger partial charge in [-0.25, -0.2) is 0 Å². The lowest BCUT2D eigenvalue weighted by Gasteiger charge is -2.26. The van der Waals surface area contributed by atoms with Gasteiger partial charge in [0.15, 0.2) is 6.17 Å². The number of hydrogen-bond acceptors (Lipinski definition) is 13. The second-order valence-corrected chi connectivity index (χ2v) is 12.8. The molecule has 0 saturated carbocycles. The van der Waals surface area contributed by atoms with Crippen molar-refractivity contribution in [3.8, 4) is 11.1 Å². The number of nitrogens with two attached hydrogens (primary N) is 4. The van der Waals surface area contributed by atoms with Gasteiger partial charge in [0.2, 0.25) is 29.5 Å². The third-order valence-corrected chi connectivity index (χ3v) is 8.12. The van der Waals surface area contributed by atoms with Crippen LogP contribution in [0.2, 0.25) is 5.02 Å². The van der Waals surface area contributed by atoms with Gasteiger partial charge in [0.25, 0.3) is 11.8 Å². The van der Waals surface area contributed by atoms with Crippen LogP contribution in [0.15, 0.2) is 48.5 Å². The molecule has 0 aliphatic heterocycles. The molecule has 2 rings (SSSR count). The number of rotatable bonds is 22. The number of aliphatic hydroxyl groups is 1. The van der Waals surface area contributed by atoms with E-state index in [1.165, 1.54) is 0 Å². The summed E-state index contributed by atoms with van der Waals surface area (Å²) in [6.07, 6.45) is -3.42. The molecule has 0 bridgehead atoms. The molecule has 20 nitrogen and oxygen atoms in total. The Morgan fingerprint density at radius 2 is 1.35 bits per heavy atom. The van der Waals surface area contributed by atoms with Gasteiger partial charge in [0.05, 0.1) is 12.5 Å². The van der Waals surface area contributed by atoms with Crippen LogP contribution in [-0.2, 0) is 28.8 Å². The first-order valence-corrected chi connectivity index (χ1v) is 17.5. The molecule has 0 saturated heterocycles. The largest absolute Gasteiger partial charge is 0.490 e. The molecule has 2 unspecified atom stereocenters. The summed E-state index contributed by atoms with van der Waals surface area (Å²) in [6.45, 7) is 1.39. The summed E-state index contributed by atoms with van der Waals surface area (Å²) in [5.41, 5.74) is 24.0. The van der Waals surface area contributed by atoms with Crippen LogP contribution in [-0.4, -0.2) is 113 Å². The SMILES string of the molecule is CC(O)[C@H](NC(=O)[C@H](CCCCN)NC(=O)CCNC(=O)c1ccc(-c2ccc(Cl)cc2)cc1)C(=O)N[C@@H](N)C(=O)NC(CC(N)=O)C(=O)N[C@@H](N)B(O)O. The number of halogens is 1. The van der Waals surface area contributed by atoms with E-state index in [1.807, 2.05) is 17.4 Å². The van der Waals surface area contributed by atoms with Crippen molar-refractivity contribution in [3.63, 3.8) is 0 Å². The number of unbranched alkanes of at least 4 members (excludes halogenated alkanes) is 1. The molecule has 2 aromatic rings. The molecule has 6 atom stereocenters. The minimum Gasteiger partial charge on any atom is -0.425 e. The van der Waals surface area contributed by atoms with Gasteiger partial charge in [-0.2, -0.15) is 0 Å². The zero-order chi connectivity index (χ0) is 41.2. The number of carbonyl (C=O) groups is 7. The van der Waals surface area contributed by atoms with Crippen molar-refractivity contribution in [3.05, 3.63) is 59.1 Å². The maximum atomic E-state index is 13.3. The summed E-state index contributed by atoms with van der Waals surface area (Å²) >= 11 is 5.94. The van der Waals surface area contributed by atoms with Gasteiger partial charge in [-0.05, 0) is 68.1 Å². The maximum Gasteiger partial charge on any atom is 0.490 e. The molecule has 17 N–H and O–H groups in total. The van der Waals surface area contributed by atoms with Crippen LogP contribution in [0.3, 0.4) is 0 Å². The highest BCUT2D eigenvalue weighted by Crippen LogP contribution is 2.22. The number of hydrogen-bond donors (Lipinski definition) is 13. The first-order valence-electron chi connectivity index (χ1n) is 17.1. The molecule has 0 aliphatic carbocycles. The number of benzene rings is 2. The number of nitrogens with one attached hydrogen (secondary N) is 6. The zero-order valence-electron chi connectivity index (χ0n) is 30.0. The summed E-state index contributed by atoms with van der Waals surface area (Å²) in [6, 6.07) is 7.74. The molecule has 0 fully saturated rings. The Morgan fingerprint density at radius 3 is 1.89 bits per heavy atom. The molecule has 0 heterocycles. The summed E-state index contributed by atoms with van der Waals surface area (Å²) in [7, 11) is -2.18. The second kappa shape index (κ2) is 22.9. The van der Waals surface area contributed by atoms with Crippen LogP contribution >= 0.6 is 11.6 Å². The Labute approximate surface area is 322 Å². The molecule has 0 aliphatic rings. The minimum absolute atomic E-state index is 0.0719. The van der Waals surface area contributed by atoms with E-state index in [1.54, 1.807) is 36.4 Å². The maximum absolute atomic E-state index is 13.3. The number of carbonyl (C=O) groups excluding carboxylic acids is 7. The monoisotopic (exact) mass is 790 g/mol. The third-order valence-electron chi connectivity index (χ3n) is 7.87. The lowest BCUT2D eigenvalue weighted by atomic mass is 9.86. The highest BCUT2D eigenvalue weighted by Gasteiger charge is 2.33. The second-order valence-electron chi connectivity index (χ2n) is 12.4. The van der Waals surface area contributed by atoms with E-state index in [2.05, 4.69) is 26.6 Å². The van der Waals surface area contributed by atoms with Crippen molar-refractivity contribution < 1.29 is 48.7 Å². The Balaban J connectivity index is 2.00. The van der Waals surface area contributed by atoms with Gasteiger partial charge in [-0.1, -0.05) is 35.9 Å². The van der Waals surface area contributed by atoms with Crippen molar-refractivity contribution in [2.75, 3.05) is 13.1 Å². The van der Waals surface area contributed by atoms with E-state index in [-0.39, 0.29) is 19.4 Å². The van der Waals surface area contributed by atoms with Gasteiger partial charge in [-0.3, -0.25) is 33.6 Å². The van der Waals surface area contributed by atoms with Gasteiger partial charge in [-0.15, -0.1) is 0 Å². The molecular weight excluding hydrogens is 743 g/mol. The van der Waals surface area contributed by atoms with Crippen molar-refractivity contribution >= 4 is 60.1 Å². The summed E-state index contributed by atoms with van der Waals surface area (Å²) in [5.74, 6) is -6.42. The van der Waals surface area contributed by atoms with Gasteiger partial charge in [0.1, 0.15) is 24.2 Å². The van der Waals surface area contributed by atoms with Crippen molar-refractivity contribution in [1.82, 2.24) is 31.9 Å². The van der Waals surface area contributed by atoms with Crippen molar-refractivity contribution in [1.29, 1.82) is 0 Å². The Hall–Kier alpha value is -5.16. The van der Waals surface area contributed by atoms with Gasteiger partial charge < -0.3 is 70.0 Å². The van der Waals surface area contributed by atoms with Crippen LogP contribution < -0.4 is 54.8 Å². The lowest BCUT2D eigenvalue weighted by Crippen LogP contribution is -2.63. The highest BCUT2D eigenvalue weighted by molar-refractivity contribution is 6.43. The molecule has 7 amide bonds. The third kappa shape index (κ3) is 16.0. The average molecular weight is 791 g/mol. The molecule has 55 heavy (non-hydrogen) atoms. The smallest absolute Gasteiger partial charge is 0.425 e. The van der Waals surface area contributed by atoms with Gasteiger partial charge >= 0.3 is 7.12 Å². The predicted molar refractivity (Wildman–Crippen MR) is 200 cm³/mol. The Kier molecular flexibility index (Phi) is 19.2. The van der Waals surface area contributed by atoms with Gasteiger partial charge in [0, 0.05) is 23.6 Å². The van der Waals surface area contributed by atoms with E-state index in [0.717, 1.165) is 18.1 Å². The fourth-order valence-electron chi connectivity index (χ4n) is 4.86. The standard InChI is InChI=1S/C33H48BClN10O10/c1-17(46)26(31(52)44-27(38)32(53)42-23(16-24(37)47)30(51)45-33(39)34(54)55)43-29(50)22(4-2-3-14-36)41-25(48)13-15-40-28(49)20-7-5-18(6-8-20)19-9-11-21(35)12-10-19/h5-12,17,22-23,26-27,33,46,54-55H,2-4,13-16,36,38-39H2,1H3,(H2,37,47)(H,40,49)(H,41,48)(H,42,53)(H,43,50)(H,44,52)(H,45,51)/t17?,22-,23?,26-,27+,33+/m0/s1. The molecule has 0 spiro atoms. The molecule has 22 heteroatoms. The van der Waals surface area contributed by atoms with Crippen molar-refractivity contribution in [2.45, 2.75) is 75.5 Å². The fraction of sp³-hybridized carbons (Fsp3) is 0.424. The first kappa shape index (κ1) is 46.0. The number of aliphatic hydroxyl groups excluding tert-OH is 1. The number of amides is 7. The van der Waals surface area contributed by atoms with E-state index >= 15 is 0 Å². The molecule has 0 aromatic heterocycles. The first-order chi connectivity index (χ1) is 25.9. The average Bonchev–Trinajstić information content (AvgIpc) is 3.12. The van der Waals surface area contributed by atoms with Crippen LogP contribution in [0.4, 0.5) is 0 Å². The zero-order valence-corrected chi connectivity index (χ0v) is 30.8. The normalized spacial score (nSPS) is 14.1. The van der Waals surface area contributed by atoms with E-state index in [0.29, 0.717) is 30.0 Å². The summed E-state index contributed by atoms with van der Waals surface area (Å²) in [4.78, 5) is 88.5. The van der Waals surface area contributed by atoms with Crippen molar-refractivity contribution in [2.24, 2.45) is 22.9 Å². The molecule has 0 radical (unpaired) electrons. The number of primary amides is 1. The molecule has 2 aromatic carbocycles. The lowest BCUT2D eigenvalue weighted by molar-refractivity contribution is -0.136. The van der Waals surface area contributed by atoms with Crippen LogP contribution in [0.1, 0.15) is 49.4 Å². The Bertz CT molecular complexity index is 1640. The van der Waals surface area contributed by atoms with E-state index in [9.17, 15) is 38.7 Å².